The largest absolute Gasteiger partial charge is 0.490 e. The molecule has 4 rings (SSSR count). The zero-order valence-corrected chi connectivity index (χ0v) is 20.3. The van der Waals surface area contributed by atoms with E-state index < -0.39 is 5.92 Å². The average molecular weight is 491 g/mol. The standard InChI is InChI=1S/C25H22N4O3S2/c1-3-21-28-29-25(34-21)22-23(30)20(33-24(22)27)12-15-9-10-18(19(11-15)31-4-2)32-14-17-8-6-5-7-16(17)13-26/h5-12,22,27H,3-4,14H2,1-2H3/b20-12-,27-24?/t22-/m0/s1. The molecule has 0 unspecified atom stereocenters. The van der Waals surface area contributed by atoms with Crippen molar-refractivity contribution in [1.82, 2.24) is 10.2 Å². The summed E-state index contributed by atoms with van der Waals surface area (Å²) in [6, 6.07) is 14.9. The van der Waals surface area contributed by atoms with Gasteiger partial charge in [0.1, 0.15) is 22.5 Å². The monoisotopic (exact) mass is 490 g/mol. The molecule has 1 N–H and O–H groups in total. The summed E-state index contributed by atoms with van der Waals surface area (Å²) in [5.74, 6) is 0.280. The molecule has 0 aliphatic carbocycles. The summed E-state index contributed by atoms with van der Waals surface area (Å²) in [7, 11) is 0. The van der Waals surface area contributed by atoms with Crippen molar-refractivity contribution in [3.05, 3.63) is 74.1 Å². The van der Waals surface area contributed by atoms with Gasteiger partial charge < -0.3 is 9.47 Å². The van der Waals surface area contributed by atoms with Gasteiger partial charge in [0.15, 0.2) is 17.3 Å². The second-order valence-corrected chi connectivity index (χ2v) is 9.53. The molecule has 34 heavy (non-hydrogen) atoms. The predicted octanol–water partition coefficient (Wildman–Crippen LogP) is 5.37. The van der Waals surface area contributed by atoms with E-state index in [2.05, 4.69) is 16.3 Å². The molecule has 0 saturated carbocycles. The highest BCUT2D eigenvalue weighted by Gasteiger charge is 2.39. The number of carbonyl (C=O) groups is 1. The molecule has 1 atom stereocenters. The predicted molar refractivity (Wildman–Crippen MR) is 133 cm³/mol. The molecule has 1 fully saturated rings. The highest BCUT2D eigenvalue weighted by atomic mass is 32.2. The van der Waals surface area contributed by atoms with Gasteiger partial charge in [-0.3, -0.25) is 10.2 Å². The second-order valence-electron chi connectivity index (χ2n) is 7.36. The van der Waals surface area contributed by atoms with Crippen molar-refractivity contribution in [3.63, 3.8) is 0 Å². The van der Waals surface area contributed by atoms with Gasteiger partial charge in [0, 0.05) is 5.56 Å². The fourth-order valence-electron chi connectivity index (χ4n) is 3.40. The second kappa shape index (κ2) is 10.6. The first-order valence-electron chi connectivity index (χ1n) is 10.8. The topological polar surface area (TPSA) is 109 Å². The summed E-state index contributed by atoms with van der Waals surface area (Å²) in [4.78, 5) is 13.5. The van der Waals surface area contributed by atoms with Crippen LogP contribution in [-0.4, -0.2) is 27.6 Å². The number of nitriles is 1. The molecule has 2 aromatic carbocycles. The van der Waals surface area contributed by atoms with Crippen LogP contribution in [0.2, 0.25) is 0 Å². The summed E-state index contributed by atoms with van der Waals surface area (Å²) < 4.78 is 11.7. The number of hydrogen-bond donors (Lipinski definition) is 1. The van der Waals surface area contributed by atoms with Gasteiger partial charge in [-0.1, -0.05) is 43.0 Å². The van der Waals surface area contributed by atoms with Crippen LogP contribution in [0.15, 0.2) is 47.4 Å². The van der Waals surface area contributed by atoms with Crippen molar-refractivity contribution in [2.45, 2.75) is 32.8 Å². The minimum absolute atomic E-state index is 0.139. The molecule has 9 heteroatoms. The summed E-state index contributed by atoms with van der Waals surface area (Å²) in [6.45, 7) is 4.55. The highest BCUT2D eigenvalue weighted by Crippen LogP contribution is 2.42. The molecule has 0 amide bonds. The van der Waals surface area contributed by atoms with Crippen molar-refractivity contribution >= 4 is 40.0 Å². The van der Waals surface area contributed by atoms with Crippen molar-refractivity contribution in [2.24, 2.45) is 0 Å². The van der Waals surface area contributed by atoms with Crippen molar-refractivity contribution in [2.75, 3.05) is 6.61 Å². The third-order valence-corrected chi connectivity index (χ3v) is 7.23. The quantitative estimate of drug-likeness (QED) is 0.423. The molecule has 0 spiro atoms. The van der Waals surface area contributed by atoms with Crippen LogP contribution in [0.5, 0.6) is 11.5 Å². The SMILES string of the molecule is CCOc1cc(/C=C2\SC(=N)[C@@H](c3nnc(CC)s3)C2=O)ccc1OCc1ccccc1C#N. The third kappa shape index (κ3) is 5.03. The fraction of sp³-hybridized carbons (Fsp3) is 0.240. The average Bonchev–Trinajstić information content (AvgIpc) is 3.42. The summed E-state index contributed by atoms with van der Waals surface area (Å²) in [5, 5.41) is 27.5. The number of ether oxygens (including phenoxy) is 2. The number of allylic oxidation sites excluding steroid dienone is 1. The van der Waals surface area contributed by atoms with Crippen LogP contribution < -0.4 is 9.47 Å². The number of nitrogens with zero attached hydrogens (tertiary/aromatic N) is 3. The lowest BCUT2D eigenvalue weighted by Crippen LogP contribution is -2.11. The number of thioether (sulfide) groups is 1. The first kappa shape index (κ1) is 23.7. The van der Waals surface area contributed by atoms with Crippen molar-refractivity contribution in [1.29, 1.82) is 10.7 Å². The van der Waals surface area contributed by atoms with E-state index in [1.807, 2.05) is 44.2 Å². The number of hydrogen-bond acceptors (Lipinski definition) is 9. The third-order valence-electron chi connectivity index (χ3n) is 5.11. The van der Waals surface area contributed by atoms with Gasteiger partial charge in [0.25, 0.3) is 0 Å². The highest BCUT2D eigenvalue weighted by molar-refractivity contribution is 8.19. The van der Waals surface area contributed by atoms with E-state index in [1.165, 1.54) is 11.3 Å². The van der Waals surface area contributed by atoms with E-state index in [9.17, 15) is 10.1 Å². The minimum atomic E-state index is -0.678. The molecule has 3 aromatic rings. The maximum atomic E-state index is 13.0. The van der Waals surface area contributed by atoms with E-state index >= 15 is 0 Å². The van der Waals surface area contributed by atoms with Crippen molar-refractivity contribution < 1.29 is 14.3 Å². The number of Topliss-reactive ketones (excluding diaryl/α,β-unsaturated/α-hetero) is 1. The van der Waals surface area contributed by atoms with E-state index in [4.69, 9.17) is 14.9 Å². The molecule has 1 aliphatic rings. The van der Waals surface area contributed by atoms with Crippen LogP contribution in [0, 0.1) is 16.7 Å². The van der Waals surface area contributed by atoms with Crippen LogP contribution >= 0.6 is 23.1 Å². The molecule has 0 radical (unpaired) electrons. The molecular formula is C25H22N4O3S2. The Kier molecular flexibility index (Phi) is 7.40. The fourth-order valence-corrected chi connectivity index (χ4v) is 5.36. The molecule has 2 heterocycles. The van der Waals surface area contributed by atoms with Gasteiger partial charge in [-0.25, -0.2) is 0 Å². The summed E-state index contributed by atoms with van der Waals surface area (Å²) in [6.07, 6.45) is 2.51. The Labute approximate surface area is 206 Å². The Morgan fingerprint density at radius 2 is 1.97 bits per heavy atom. The Hall–Kier alpha value is -3.48. The zero-order valence-electron chi connectivity index (χ0n) is 18.7. The van der Waals surface area contributed by atoms with Gasteiger partial charge in [0.2, 0.25) is 0 Å². The van der Waals surface area contributed by atoms with Crippen LogP contribution in [0.4, 0.5) is 0 Å². The first-order valence-corrected chi connectivity index (χ1v) is 12.4. The Bertz CT molecular complexity index is 1310. The van der Waals surface area contributed by atoms with E-state index in [-0.39, 0.29) is 17.4 Å². The molecule has 7 nitrogen and oxygen atoms in total. The normalized spacial score (nSPS) is 16.6. The Balaban J connectivity index is 1.55. The van der Waals surface area contributed by atoms with Gasteiger partial charge >= 0.3 is 0 Å². The van der Waals surface area contributed by atoms with Crippen LogP contribution in [0.1, 0.15) is 46.5 Å². The van der Waals surface area contributed by atoms with Crippen molar-refractivity contribution in [3.8, 4) is 17.6 Å². The Morgan fingerprint density at radius 3 is 2.71 bits per heavy atom. The number of benzene rings is 2. The molecular weight excluding hydrogens is 468 g/mol. The van der Waals surface area contributed by atoms with E-state index in [0.29, 0.717) is 33.6 Å². The van der Waals surface area contributed by atoms with Gasteiger partial charge in [-0.15, -0.1) is 21.5 Å². The maximum absolute atomic E-state index is 13.0. The molecule has 1 saturated heterocycles. The van der Waals surface area contributed by atoms with Crippen LogP contribution in [0.3, 0.4) is 0 Å². The van der Waals surface area contributed by atoms with Gasteiger partial charge in [0.05, 0.1) is 28.2 Å². The van der Waals surface area contributed by atoms with Crippen LogP contribution in [-0.2, 0) is 17.8 Å². The summed E-state index contributed by atoms with van der Waals surface area (Å²) >= 11 is 2.54. The number of rotatable bonds is 8. The van der Waals surface area contributed by atoms with Gasteiger partial charge in [-0.2, -0.15) is 5.26 Å². The van der Waals surface area contributed by atoms with Crippen LogP contribution in [0.25, 0.3) is 6.08 Å². The summed E-state index contributed by atoms with van der Waals surface area (Å²) in [5.41, 5.74) is 2.13. The maximum Gasteiger partial charge on any atom is 0.186 e. The van der Waals surface area contributed by atoms with E-state index in [0.717, 1.165) is 34.3 Å². The Morgan fingerprint density at radius 1 is 1.15 bits per heavy atom. The number of nitrogens with one attached hydrogen (secondary N) is 1. The first-order chi connectivity index (χ1) is 16.5. The van der Waals surface area contributed by atoms with E-state index in [1.54, 1.807) is 18.2 Å². The lowest BCUT2D eigenvalue weighted by molar-refractivity contribution is -0.114. The molecule has 172 valence electrons. The molecule has 1 aliphatic heterocycles. The molecule has 1 aromatic heterocycles. The number of aryl methyl sites for hydroxylation is 1. The number of carbonyl (C=O) groups excluding carboxylic acids is 1. The molecule has 0 bridgehead atoms. The zero-order chi connectivity index (χ0) is 24.1. The number of aromatic nitrogens is 2. The smallest absolute Gasteiger partial charge is 0.186 e. The lowest BCUT2D eigenvalue weighted by atomic mass is 10.0. The lowest BCUT2D eigenvalue weighted by Gasteiger charge is -2.13. The number of ketones is 1. The van der Waals surface area contributed by atoms with Gasteiger partial charge in [-0.05, 0) is 43.2 Å². The minimum Gasteiger partial charge on any atom is -0.490 e.